The summed E-state index contributed by atoms with van der Waals surface area (Å²) in [6.45, 7) is 2.52. The van der Waals surface area contributed by atoms with Crippen molar-refractivity contribution < 1.29 is 28.5 Å². The Morgan fingerprint density at radius 3 is 2.11 bits per heavy atom. The van der Waals surface area contributed by atoms with E-state index in [4.69, 9.17) is 18.9 Å². The van der Waals surface area contributed by atoms with Crippen LogP contribution in [0, 0.1) is 0 Å². The minimum absolute atomic E-state index is 0.148. The summed E-state index contributed by atoms with van der Waals surface area (Å²) in [4.78, 5) is 26.2. The van der Waals surface area contributed by atoms with E-state index in [1.807, 2.05) is 31.2 Å². The summed E-state index contributed by atoms with van der Waals surface area (Å²) in [5.41, 5.74) is 1.09. The number of benzene rings is 2. The quantitative estimate of drug-likeness (QED) is 0.616. The average Bonchev–Trinajstić information content (AvgIpc) is 2.72. The molecule has 0 bridgehead atoms. The molecule has 0 aliphatic rings. The molecule has 0 aromatic heterocycles. The van der Waals surface area contributed by atoms with Crippen LogP contribution in [0.5, 0.6) is 17.2 Å². The van der Waals surface area contributed by atoms with E-state index in [2.05, 4.69) is 0 Å². The number of carbonyl (C=O) groups excluding carboxylic acids is 2. The maximum absolute atomic E-state index is 12.4. The first kappa shape index (κ1) is 21.1. The van der Waals surface area contributed by atoms with Gasteiger partial charge in [0.15, 0.2) is 6.61 Å². The Hall–Kier alpha value is -3.22. The smallest absolute Gasteiger partial charge is 0.346 e. The van der Waals surface area contributed by atoms with Crippen LogP contribution >= 0.6 is 0 Å². The maximum atomic E-state index is 12.4. The van der Waals surface area contributed by atoms with Crippen molar-refractivity contribution in [3.63, 3.8) is 0 Å². The summed E-state index contributed by atoms with van der Waals surface area (Å²) in [5.74, 6) is 0.409. The predicted molar refractivity (Wildman–Crippen MR) is 104 cm³/mol. The van der Waals surface area contributed by atoms with E-state index >= 15 is 0 Å². The third kappa shape index (κ3) is 5.39. The zero-order valence-corrected chi connectivity index (χ0v) is 16.6. The van der Waals surface area contributed by atoms with Crippen LogP contribution in [0.25, 0.3) is 0 Å². The predicted octanol–water partition coefficient (Wildman–Crippen LogP) is 2.92. The van der Waals surface area contributed by atoms with Gasteiger partial charge in [0.2, 0.25) is 0 Å². The maximum Gasteiger partial charge on any atom is 0.346 e. The molecule has 0 saturated heterocycles. The Labute approximate surface area is 164 Å². The number of hydrogen-bond acceptors (Lipinski definition) is 6. The highest BCUT2D eigenvalue weighted by Crippen LogP contribution is 2.28. The molecule has 0 unspecified atom stereocenters. The van der Waals surface area contributed by atoms with E-state index in [1.54, 1.807) is 25.2 Å². The lowest BCUT2D eigenvalue weighted by atomic mass is 10.2. The molecule has 0 radical (unpaired) electrons. The number of methoxy groups -OCH3 is 2. The van der Waals surface area contributed by atoms with Crippen molar-refractivity contribution in [2.24, 2.45) is 0 Å². The highest BCUT2D eigenvalue weighted by atomic mass is 16.5. The first-order valence-electron chi connectivity index (χ1n) is 8.84. The first-order valence-corrected chi connectivity index (χ1v) is 8.84. The van der Waals surface area contributed by atoms with Gasteiger partial charge in [-0.05, 0) is 36.8 Å². The van der Waals surface area contributed by atoms with E-state index in [9.17, 15) is 9.59 Å². The number of rotatable bonds is 9. The Morgan fingerprint density at radius 2 is 1.57 bits per heavy atom. The molecule has 1 amide bonds. The topological polar surface area (TPSA) is 74.3 Å². The Kier molecular flexibility index (Phi) is 7.68. The minimum Gasteiger partial charge on any atom is -0.496 e. The molecule has 2 aromatic rings. The molecular formula is C21H25NO6. The fraction of sp³-hybridized carbons (Fsp3) is 0.333. The number of ether oxygens (including phenoxy) is 4. The van der Waals surface area contributed by atoms with Gasteiger partial charge in [0.25, 0.3) is 5.91 Å². The van der Waals surface area contributed by atoms with Crippen LogP contribution in [0.3, 0.4) is 0 Å². The molecule has 150 valence electrons. The standard InChI is InChI=1S/C21H25NO6/c1-5-27-16-11-9-15(10-12-16)13-22(2)19(23)14-28-21(24)20-17(25-3)7-6-8-18(20)26-4/h6-12H,5,13-14H2,1-4H3. The molecule has 7 heteroatoms. The molecule has 2 rings (SSSR count). The monoisotopic (exact) mass is 387 g/mol. The molecule has 28 heavy (non-hydrogen) atoms. The lowest BCUT2D eigenvalue weighted by Crippen LogP contribution is -2.30. The van der Waals surface area contributed by atoms with Gasteiger partial charge in [-0.25, -0.2) is 4.79 Å². The highest BCUT2D eigenvalue weighted by Gasteiger charge is 2.21. The molecule has 0 aliphatic heterocycles. The lowest BCUT2D eigenvalue weighted by molar-refractivity contribution is -0.133. The molecule has 2 aromatic carbocycles. The third-order valence-corrected chi connectivity index (χ3v) is 4.04. The number of esters is 1. The van der Waals surface area contributed by atoms with Crippen LogP contribution in [-0.2, 0) is 16.1 Å². The SMILES string of the molecule is CCOc1ccc(CN(C)C(=O)COC(=O)c2c(OC)cccc2OC)cc1. The second-order valence-corrected chi connectivity index (χ2v) is 5.94. The molecule has 0 N–H and O–H groups in total. The second kappa shape index (κ2) is 10.2. The first-order chi connectivity index (χ1) is 13.5. The van der Waals surface area contributed by atoms with Gasteiger partial charge in [0.05, 0.1) is 20.8 Å². The van der Waals surface area contributed by atoms with E-state index in [0.717, 1.165) is 11.3 Å². The van der Waals surface area contributed by atoms with Crippen molar-refractivity contribution >= 4 is 11.9 Å². The van der Waals surface area contributed by atoms with Crippen molar-refractivity contribution in [2.45, 2.75) is 13.5 Å². The molecule has 0 aliphatic carbocycles. The Balaban J connectivity index is 1.95. The molecule has 7 nitrogen and oxygen atoms in total. The van der Waals surface area contributed by atoms with Crippen molar-refractivity contribution in [1.82, 2.24) is 4.90 Å². The van der Waals surface area contributed by atoms with Gasteiger partial charge in [0.1, 0.15) is 22.8 Å². The van der Waals surface area contributed by atoms with Gasteiger partial charge in [-0.2, -0.15) is 0 Å². The van der Waals surface area contributed by atoms with Gasteiger partial charge in [-0.15, -0.1) is 0 Å². The molecule has 0 saturated carbocycles. The summed E-state index contributed by atoms with van der Waals surface area (Å²) >= 11 is 0. The van der Waals surface area contributed by atoms with Gasteiger partial charge in [0, 0.05) is 13.6 Å². The molecule has 0 atom stereocenters. The van der Waals surface area contributed by atoms with Crippen LogP contribution in [0.1, 0.15) is 22.8 Å². The van der Waals surface area contributed by atoms with E-state index < -0.39 is 5.97 Å². The number of hydrogen-bond donors (Lipinski definition) is 0. The largest absolute Gasteiger partial charge is 0.496 e. The number of nitrogens with zero attached hydrogens (tertiary/aromatic N) is 1. The van der Waals surface area contributed by atoms with Gasteiger partial charge >= 0.3 is 5.97 Å². The zero-order valence-electron chi connectivity index (χ0n) is 16.6. The van der Waals surface area contributed by atoms with Crippen LogP contribution < -0.4 is 14.2 Å². The fourth-order valence-electron chi connectivity index (χ4n) is 2.58. The van der Waals surface area contributed by atoms with E-state index in [0.29, 0.717) is 24.7 Å². The Bertz CT molecular complexity index is 781. The molecule has 0 fully saturated rings. The van der Waals surface area contributed by atoms with Gasteiger partial charge in [-0.3, -0.25) is 4.79 Å². The van der Waals surface area contributed by atoms with Crippen LogP contribution in [0.2, 0.25) is 0 Å². The van der Waals surface area contributed by atoms with Crippen molar-refractivity contribution in [1.29, 1.82) is 0 Å². The molecular weight excluding hydrogens is 362 g/mol. The minimum atomic E-state index is -0.683. The highest BCUT2D eigenvalue weighted by molar-refractivity contribution is 5.96. The third-order valence-electron chi connectivity index (χ3n) is 4.04. The summed E-state index contributed by atoms with van der Waals surface area (Å²) in [6, 6.07) is 12.4. The van der Waals surface area contributed by atoms with Crippen LogP contribution in [0.4, 0.5) is 0 Å². The number of amides is 1. The number of carbonyl (C=O) groups is 2. The average molecular weight is 387 g/mol. The van der Waals surface area contributed by atoms with Gasteiger partial charge < -0.3 is 23.8 Å². The van der Waals surface area contributed by atoms with Crippen molar-refractivity contribution in [3.05, 3.63) is 53.6 Å². The van der Waals surface area contributed by atoms with Crippen molar-refractivity contribution in [2.75, 3.05) is 34.5 Å². The number of likely N-dealkylation sites (N-methyl/N-ethyl adjacent to an activating group) is 1. The zero-order chi connectivity index (χ0) is 20.5. The summed E-state index contributed by atoms with van der Waals surface area (Å²) < 4.78 is 20.9. The molecule has 0 spiro atoms. The fourth-order valence-corrected chi connectivity index (χ4v) is 2.58. The van der Waals surface area contributed by atoms with Crippen molar-refractivity contribution in [3.8, 4) is 17.2 Å². The lowest BCUT2D eigenvalue weighted by Gasteiger charge is -2.18. The van der Waals surface area contributed by atoms with Crippen LogP contribution in [0.15, 0.2) is 42.5 Å². The van der Waals surface area contributed by atoms with Gasteiger partial charge in [-0.1, -0.05) is 18.2 Å². The molecule has 0 heterocycles. The normalized spacial score (nSPS) is 10.1. The summed E-state index contributed by atoms with van der Waals surface area (Å²) in [7, 11) is 4.54. The summed E-state index contributed by atoms with van der Waals surface area (Å²) in [6.07, 6.45) is 0. The summed E-state index contributed by atoms with van der Waals surface area (Å²) in [5, 5.41) is 0. The van der Waals surface area contributed by atoms with E-state index in [-0.39, 0.29) is 18.1 Å². The van der Waals surface area contributed by atoms with Crippen LogP contribution in [-0.4, -0.2) is 51.3 Å². The Morgan fingerprint density at radius 1 is 0.964 bits per heavy atom. The second-order valence-electron chi connectivity index (χ2n) is 5.94. The van der Waals surface area contributed by atoms with E-state index in [1.165, 1.54) is 19.1 Å².